The number of methoxy groups -OCH3 is 1. The summed E-state index contributed by atoms with van der Waals surface area (Å²) in [4.78, 5) is 0. The van der Waals surface area contributed by atoms with Gasteiger partial charge in [0.1, 0.15) is 0 Å². The Hall–Kier alpha value is -0.870. The molecule has 14 heavy (non-hydrogen) atoms. The van der Waals surface area contributed by atoms with E-state index in [-0.39, 0.29) is 6.10 Å². The zero-order chi connectivity index (χ0) is 10.6. The van der Waals surface area contributed by atoms with E-state index in [0.29, 0.717) is 6.42 Å². The number of ether oxygens (including phenoxy) is 1. The molecule has 0 aromatic carbocycles. The molecular weight excluding hydrogens is 180 g/mol. The van der Waals surface area contributed by atoms with Gasteiger partial charge in [-0.1, -0.05) is 6.92 Å². The lowest BCUT2D eigenvalue weighted by Gasteiger charge is -2.19. The summed E-state index contributed by atoms with van der Waals surface area (Å²) in [5.74, 6) is 0. The second-order valence-corrected chi connectivity index (χ2v) is 3.48. The molecule has 0 amide bonds. The van der Waals surface area contributed by atoms with Crippen LogP contribution in [0.25, 0.3) is 0 Å². The Morgan fingerprint density at radius 1 is 1.64 bits per heavy atom. The second kappa shape index (κ2) is 5.12. The van der Waals surface area contributed by atoms with Crippen molar-refractivity contribution < 1.29 is 9.84 Å². The molecular formula is C10H18N2O2. The Morgan fingerprint density at radius 3 is 2.79 bits per heavy atom. The molecule has 4 nitrogen and oxygen atoms in total. The molecule has 0 fully saturated rings. The van der Waals surface area contributed by atoms with Gasteiger partial charge >= 0.3 is 0 Å². The third-order valence-electron chi connectivity index (χ3n) is 2.34. The summed E-state index contributed by atoms with van der Waals surface area (Å²) in [7, 11) is 3.49. The van der Waals surface area contributed by atoms with E-state index in [9.17, 15) is 5.11 Å². The summed E-state index contributed by atoms with van der Waals surface area (Å²) in [5.41, 5.74) is 1.04. The summed E-state index contributed by atoms with van der Waals surface area (Å²) in [6.07, 6.45) is 4.55. The van der Waals surface area contributed by atoms with Crippen LogP contribution >= 0.6 is 0 Å². The molecule has 1 aromatic rings. The van der Waals surface area contributed by atoms with Crippen molar-refractivity contribution in [2.45, 2.75) is 32.0 Å². The van der Waals surface area contributed by atoms with Gasteiger partial charge in [0.2, 0.25) is 0 Å². The van der Waals surface area contributed by atoms with E-state index in [1.807, 2.05) is 20.2 Å². The van der Waals surface area contributed by atoms with Gasteiger partial charge in [-0.25, -0.2) is 0 Å². The van der Waals surface area contributed by atoms with Crippen molar-refractivity contribution in [2.75, 3.05) is 7.11 Å². The fraction of sp³-hybridized carbons (Fsp3) is 0.700. The molecule has 1 heterocycles. The fourth-order valence-electron chi connectivity index (χ4n) is 1.55. The highest BCUT2D eigenvalue weighted by atomic mass is 16.5. The largest absolute Gasteiger partial charge is 0.390 e. The van der Waals surface area contributed by atoms with Gasteiger partial charge in [-0.05, 0) is 12.0 Å². The maximum atomic E-state index is 9.81. The topological polar surface area (TPSA) is 47.3 Å². The van der Waals surface area contributed by atoms with Gasteiger partial charge < -0.3 is 9.84 Å². The van der Waals surface area contributed by atoms with Crippen LogP contribution < -0.4 is 0 Å². The van der Waals surface area contributed by atoms with Gasteiger partial charge in [-0.15, -0.1) is 0 Å². The van der Waals surface area contributed by atoms with Crippen LogP contribution in [0.5, 0.6) is 0 Å². The predicted octanol–water partition coefficient (Wildman–Crippen LogP) is 0.748. The normalized spacial score (nSPS) is 15.4. The Morgan fingerprint density at radius 2 is 2.36 bits per heavy atom. The molecule has 4 heteroatoms. The summed E-state index contributed by atoms with van der Waals surface area (Å²) >= 11 is 0. The van der Waals surface area contributed by atoms with Gasteiger partial charge in [-0.3, -0.25) is 4.68 Å². The summed E-state index contributed by atoms with van der Waals surface area (Å²) < 4.78 is 6.90. The van der Waals surface area contributed by atoms with Crippen molar-refractivity contribution in [3.63, 3.8) is 0 Å². The highest BCUT2D eigenvalue weighted by molar-refractivity contribution is 5.05. The molecule has 80 valence electrons. The fourth-order valence-corrected chi connectivity index (χ4v) is 1.55. The third kappa shape index (κ3) is 2.82. The Balaban J connectivity index is 2.51. The number of aromatic nitrogens is 2. The second-order valence-electron chi connectivity index (χ2n) is 3.48. The lowest BCUT2D eigenvalue weighted by Crippen LogP contribution is -2.29. The van der Waals surface area contributed by atoms with Crippen LogP contribution in [0.2, 0.25) is 0 Å². The molecule has 0 radical (unpaired) electrons. The average Bonchev–Trinajstić information content (AvgIpc) is 2.53. The number of rotatable bonds is 5. The van der Waals surface area contributed by atoms with Crippen molar-refractivity contribution in [3.8, 4) is 0 Å². The van der Waals surface area contributed by atoms with E-state index in [1.165, 1.54) is 0 Å². The van der Waals surface area contributed by atoms with Crippen molar-refractivity contribution in [3.05, 3.63) is 18.0 Å². The van der Waals surface area contributed by atoms with Crippen molar-refractivity contribution in [1.29, 1.82) is 0 Å². The average molecular weight is 198 g/mol. The van der Waals surface area contributed by atoms with E-state index < -0.39 is 6.10 Å². The molecule has 2 unspecified atom stereocenters. The maximum absolute atomic E-state index is 9.81. The minimum atomic E-state index is -0.450. The van der Waals surface area contributed by atoms with E-state index in [0.717, 1.165) is 12.0 Å². The zero-order valence-electron chi connectivity index (χ0n) is 8.97. The van der Waals surface area contributed by atoms with Crippen LogP contribution in [0.1, 0.15) is 18.9 Å². The Bertz CT molecular complexity index is 269. The van der Waals surface area contributed by atoms with Crippen LogP contribution in [0.3, 0.4) is 0 Å². The zero-order valence-corrected chi connectivity index (χ0v) is 8.97. The van der Waals surface area contributed by atoms with E-state index in [2.05, 4.69) is 5.10 Å². The van der Waals surface area contributed by atoms with E-state index in [1.54, 1.807) is 18.0 Å². The van der Waals surface area contributed by atoms with Crippen molar-refractivity contribution >= 4 is 0 Å². The number of hydrogen-bond donors (Lipinski definition) is 1. The lowest BCUT2D eigenvalue weighted by molar-refractivity contribution is -0.0128. The number of aryl methyl sites for hydroxylation is 1. The first-order valence-electron chi connectivity index (χ1n) is 4.85. The molecule has 0 saturated heterocycles. The number of aliphatic hydroxyl groups is 1. The van der Waals surface area contributed by atoms with Gasteiger partial charge in [0.15, 0.2) is 0 Å². The van der Waals surface area contributed by atoms with Crippen LogP contribution in [0.4, 0.5) is 0 Å². The highest BCUT2D eigenvalue weighted by Crippen LogP contribution is 2.09. The lowest BCUT2D eigenvalue weighted by atomic mass is 10.1. The monoisotopic (exact) mass is 198 g/mol. The molecule has 1 N–H and O–H groups in total. The van der Waals surface area contributed by atoms with Crippen molar-refractivity contribution in [1.82, 2.24) is 9.78 Å². The molecule has 1 rings (SSSR count). The van der Waals surface area contributed by atoms with Gasteiger partial charge in [0.05, 0.1) is 18.4 Å². The summed E-state index contributed by atoms with van der Waals surface area (Å²) in [6.45, 7) is 2.00. The smallest absolute Gasteiger partial charge is 0.0842 e. The molecule has 0 aliphatic carbocycles. The molecule has 0 spiro atoms. The van der Waals surface area contributed by atoms with E-state index >= 15 is 0 Å². The molecule has 2 atom stereocenters. The van der Waals surface area contributed by atoms with Crippen LogP contribution in [-0.2, 0) is 18.2 Å². The number of aliphatic hydroxyl groups excluding tert-OH is 1. The molecule has 0 aliphatic heterocycles. The van der Waals surface area contributed by atoms with Gasteiger partial charge in [0, 0.05) is 26.8 Å². The van der Waals surface area contributed by atoms with Crippen LogP contribution in [0.15, 0.2) is 12.4 Å². The highest BCUT2D eigenvalue weighted by Gasteiger charge is 2.17. The quantitative estimate of drug-likeness (QED) is 0.759. The standard InChI is InChI=1S/C10H18N2O2/c1-4-10(14-3)9(13)5-8-6-11-12(2)7-8/h6-7,9-10,13H,4-5H2,1-3H3. The minimum absolute atomic E-state index is 0.0878. The Kier molecular flexibility index (Phi) is 4.10. The third-order valence-corrected chi connectivity index (χ3v) is 2.34. The molecule has 0 bridgehead atoms. The van der Waals surface area contributed by atoms with Crippen molar-refractivity contribution in [2.24, 2.45) is 7.05 Å². The van der Waals surface area contributed by atoms with Crippen LogP contribution in [0, 0.1) is 0 Å². The van der Waals surface area contributed by atoms with Gasteiger partial charge in [0.25, 0.3) is 0 Å². The molecule has 1 aromatic heterocycles. The van der Waals surface area contributed by atoms with E-state index in [4.69, 9.17) is 4.74 Å². The molecule has 0 saturated carbocycles. The van der Waals surface area contributed by atoms with Gasteiger partial charge in [-0.2, -0.15) is 5.10 Å². The Labute approximate surface area is 84.5 Å². The first kappa shape index (κ1) is 11.2. The minimum Gasteiger partial charge on any atom is -0.390 e. The maximum Gasteiger partial charge on any atom is 0.0842 e. The SMILES string of the molecule is CCC(OC)C(O)Cc1cnn(C)c1. The predicted molar refractivity (Wildman–Crippen MR) is 54.0 cm³/mol. The first-order valence-corrected chi connectivity index (χ1v) is 4.85. The summed E-state index contributed by atoms with van der Waals surface area (Å²) in [5, 5.41) is 13.9. The number of hydrogen-bond acceptors (Lipinski definition) is 3. The number of nitrogens with zero attached hydrogens (tertiary/aromatic N) is 2. The molecule has 0 aliphatic rings. The first-order chi connectivity index (χ1) is 6.67. The van der Waals surface area contributed by atoms with Crippen LogP contribution in [-0.4, -0.2) is 34.2 Å². The summed E-state index contributed by atoms with van der Waals surface area (Å²) in [6, 6.07) is 0.